The smallest absolute Gasteiger partial charge is 0.227 e. The van der Waals surface area contributed by atoms with Crippen LogP contribution in [0.1, 0.15) is 10.5 Å². The van der Waals surface area contributed by atoms with Gasteiger partial charge in [-0.15, -0.1) is 0 Å². The van der Waals surface area contributed by atoms with E-state index in [1.54, 1.807) is 24.3 Å². The Hall–Kier alpha value is -2.46. The summed E-state index contributed by atoms with van der Waals surface area (Å²) in [5, 5.41) is 0.597. The molecule has 3 rings (SSSR count). The van der Waals surface area contributed by atoms with Gasteiger partial charge in [-0.1, -0.05) is 11.6 Å². The summed E-state index contributed by atoms with van der Waals surface area (Å²) in [6.07, 6.45) is 0.613. The third kappa shape index (κ3) is 2.71. The summed E-state index contributed by atoms with van der Waals surface area (Å²) in [5.74, 6) is 0.270. The van der Waals surface area contributed by atoms with E-state index in [9.17, 15) is 9.18 Å². The predicted molar refractivity (Wildman–Crippen MR) is 77.7 cm³/mol. The molecule has 0 saturated heterocycles. The molecule has 0 aliphatic carbocycles. The molecular formula is C16H9ClFNO2. The minimum atomic E-state index is -0.358. The van der Waals surface area contributed by atoms with Gasteiger partial charge in [-0.25, -0.2) is 9.37 Å². The minimum absolute atomic E-state index is 0.173. The van der Waals surface area contributed by atoms with Crippen molar-refractivity contribution in [3.05, 3.63) is 65.1 Å². The molecule has 0 radical (unpaired) electrons. The molecule has 0 aliphatic heterocycles. The van der Waals surface area contributed by atoms with Crippen molar-refractivity contribution in [2.24, 2.45) is 0 Å². The maximum Gasteiger partial charge on any atom is 0.227 e. The molecule has 1 heterocycles. The molecule has 3 nitrogen and oxygen atoms in total. The standard InChI is InChI=1S/C16H9ClFNO2/c17-12-5-1-11(2-6-12)16-19-14(9-20)15(21-16)10-3-7-13(18)8-4-10/h1-9H. The Morgan fingerprint density at radius 1 is 1.00 bits per heavy atom. The molecule has 0 amide bonds. The minimum Gasteiger partial charge on any atom is -0.435 e. The molecule has 1 aromatic heterocycles. The average molecular weight is 302 g/mol. The van der Waals surface area contributed by atoms with E-state index in [4.69, 9.17) is 16.0 Å². The van der Waals surface area contributed by atoms with Crippen LogP contribution in [0.25, 0.3) is 22.8 Å². The Kier molecular flexibility index (Phi) is 3.54. The maximum atomic E-state index is 13.0. The van der Waals surface area contributed by atoms with E-state index >= 15 is 0 Å². The number of aldehydes is 1. The molecule has 0 spiro atoms. The van der Waals surface area contributed by atoms with Crippen molar-refractivity contribution >= 4 is 17.9 Å². The average Bonchev–Trinajstić information content (AvgIpc) is 2.93. The Bertz CT molecular complexity index is 779. The molecule has 0 saturated carbocycles. The van der Waals surface area contributed by atoms with Crippen molar-refractivity contribution in [1.82, 2.24) is 4.98 Å². The Morgan fingerprint density at radius 3 is 2.24 bits per heavy atom. The zero-order valence-corrected chi connectivity index (χ0v) is 11.5. The zero-order chi connectivity index (χ0) is 14.8. The van der Waals surface area contributed by atoms with Crippen molar-refractivity contribution < 1.29 is 13.6 Å². The van der Waals surface area contributed by atoms with Gasteiger partial charge in [0.25, 0.3) is 0 Å². The summed E-state index contributed by atoms with van der Waals surface area (Å²) in [6, 6.07) is 12.6. The van der Waals surface area contributed by atoms with E-state index in [1.807, 2.05) is 0 Å². The quantitative estimate of drug-likeness (QED) is 0.663. The van der Waals surface area contributed by atoms with E-state index < -0.39 is 0 Å². The van der Waals surface area contributed by atoms with Gasteiger partial charge in [0.05, 0.1) is 0 Å². The fourth-order valence-electron chi connectivity index (χ4n) is 1.94. The normalized spacial score (nSPS) is 10.6. The zero-order valence-electron chi connectivity index (χ0n) is 10.7. The van der Waals surface area contributed by atoms with E-state index in [2.05, 4.69) is 4.98 Å². The van der Waals surface area contributed by atoms with Crippen LogP contribution < -0.4 is 0 Å². The van der Waals surface area contributed by atoms with E-state index in [1.165, 1.54) is 24.3 Å². The number of rotatable bonds is 3. The largest absolute Gasteiger partial charge is 0.435 e. The fraction of sp³-hybridized carbons (Fsp3) is 0. The van der Waals surface area contributed by atoms with Gasteiger partial charge >= 0.3 is 0 Å². The number of halogens is 2. The summed E-state index contributed by atoms with van der Waals surface area (Å²) in [7, 11) is 0. The van der Waals surface area contributed by atoms with Crippen LogP contribution in [0.4, 0.5) is 4.39 Å². The van der Waals surface area contributed by atoms with Crippen molar-refractivity contribution in [2.45, 2.75) is 0 Å². The van der Waals surface area contributed by atoms with Gasteiger partial charge in [0.15, 0.2) is 17.7 Å². The molecule has 0 N–H and O–H groups in total. The molecule has 5 heteroatoms. The first-order chi connectivity index (χ1) is 10.2. The number of hydrogen-bond acceptors (Lipinski definition) is 3. The molecule has 0 atom stereocenters. The number of carbonyl (C=O) groups is 1. The summed E-state index contributed by atoms with van der Waals surface area (Å²) in [4.78, 5) is 15.3. The molecular weight excluding hydrogens is 293 g/mol. The number of oxazole rings is 1. The summed E-state index contributed by atoms with van der Waals surface area (Å²) in [5.41, 5.74) is 1.47. The SMILES string of the molecule is O=Cc1nc(-c2ccc(Cl)cc2)oc1-c1ccc(F)cc1. The number of aromatic nitrogens is 1. The number of benzene rings is 2. The first-order valence-corrected chi connectivity index (χ1v) is 6.53. The number of carbonyl (C=O) groups excluding carboxylic acids is 1. The van der Waals surface area contributed by atoms with E-state index in [-0.39, 0.29) is 11.5 Å². The Labute approximate surface area is 125 Å². The molecule has 0 aliphatic rings. The summed E-state index contributed by atoms with van der Waals surface area (Å²) < 4.78 is 18.6. The van der Waals surface area contributed by atoms with E-state index in [0.717, 1.165) is 0 Å². The molecule has 0 bridgehead atoms. The van der Waals surface area contributed by atoms with Gasteiger partial charge in [-0.2, -0.15) is 0 Å². The van der Waals surface area contributed by atoms with Crippen LogP contribution >= 0.6 is 11.6 Å². The van der Waals surface area contributed by atoms with Crippen molar-refractivity contribution in [1.29, 1.82) is 0 Å². The predicted octanol–water partition coefficient (Wildman–Crippen LogP) is 4.61. The molecule has 21 heavy (non-hydrogen) atoms. The maximum absolute atomic E-state index is 13.0. The first kappa shape index (κ1) is 13.5. The summed E-state index contributed by atoms with van der Waals surface area (Å²) in [6.45, 7) is 0. The van der Waals surface area contributed by atoms with Gasteiger partial charge in [-0.05, 0) is 48.5 Å². The molecule has 2 aromatic carbocycles. The fourth-order valence-corrected chi connectivity index (χ4v) is 2.06. The highest BCUT2D eigenvalue weighted by molar-refractivity contribution is 6.30. The molecule has 0 fully saturated rings. The second kappa shape index (κ2) is 5.50. The van der Waals surface area contributed by atoms with Crippen LogP contribution in [-0.2, 0) is 0 Å². The lowest BCUT2D eigenvalue weighted by Crippen LogP contribution is -1.84. The molecule has 0 unspecified atom stereocenters. The Morgan fingerprint density at radius 2 is 1.62 bits per heavy atom. The van der Waals surface area contributed by atoms with Crippen molar-refractivity contribution in [2.75, 3.05) is 0 Å². The van der Waals surface area contributed by atoms with Crippen LogP contribution in [0, 0.1) is 5.82 Å². The highest BCUT2D eigenvalue weighted by Gasteiger charge is 2.15. The van der Waals surface area contributed by atoms with E-state index in [0.29, 0.717) is 34.1 Å². The molecule has 3 aromatic rings. The van der Waals surface area contributed by atoms with Gasteiger partial charge in [0, 0.05) is 16.1 Å². The third-order valence-electron chi connectivity index (χ3n) is 2.96. The van der Waals surface area contributed by atoms with Crippen LogP contribution in [0.5, 0.6) is 0 Å². The second-order valence-electron chi connectivity index (χ2n) is 4.37. The van der Waals surface area contributed by atoms with Crippen LogP contribution in [0.2, 0.25) is 5.02 Å². The van der Waals surface area contributed by atoms with Crippen LogP contribution in [0.15, 0.2) is 52.9 Å². The lowest BCUT2D eigenvalue weighted by Gasteiger charge is -1.97. The third-order valence-corrected chi connectivity index (χ3v) is 3.21. The first-order valence-electron chi connectivity index (χ1n) is 6.15. The van der Waals surface area contributed by atoms with Crippen molar-refractivity contribution in [3.63, 3.8) is 0 Å². The lowest BCUT2D eigenvalue weighted by molar-refractivity contribution is 0.112. The number of nitrogens with zero attached hydrogens (tertiary/aromatic N) is 1. The Balaban J connectivity index is 2.08. The van der Waals surface area contributed by atoms with Crippen LogP contribution in [0.3, 0.4) is 0 Å². The van der Waals surface area contributed by atoms with Crippen molar-refractivity contribution in [3.8, 4) is 22.8 Å². The van der Waals surface area contributed by atoms with Crippen LogP contribution in [-0.4, -0.2) is 11.3 Å². The van der Waals surface area contributed by atoms with Gasteiger partial charge in [0.1, 0.15) is 5.82 Å². The van der Waals surface area contributed by atoms with Gasteiger partial charge < -0.3 is 4.42 Å². The summed E-state index contributed by atoms with van der Waals surface area (Å²) >= 11 is 5.83. The van der Waals surface area contributed by atoms with Gasteiger partial charge in [0.2, 0.25) is 5.89 Å². The topological polar surface area (TPSA) is 43.1 Å². The monoisotopic (exact) mass is 301 g/mol. The highest BCUT2D eigenvalue weighted by Crippen LogP contribution is 2.29. The second-order valence-corrected chi connectivity index (χ2v) is 4.80. The highest BCUT2D eigenvalue weighted by atomic mass is 35.5. The number of hydrogen-bond donors (Lipinski definition) is 0. The van der Waals surface area contributed by atoms with Gasteiger partial charge in [-0.3, -0.25) is 4.79 Å². The lowest BCUT2D eigenvalue weighted by atomic mass is 10.1. The molecule has 104 valence electrons.